The van der Waals surface area contributed by atoms with Gasteiger partial charge in [-0.15, -0.1) is 0 Å². The number of thiocarbonyl (C=S) groups is 1. The number of hydrogen-bond donors (Lipinski definition) is 3. The van der Waals surface area contributed by atoms with Crippen LogP contribution in [0.25, 0.3) is 0 Å². The maximum absolute atomic E-state index is 5.60. The summed E-state index contributed by atoms with van der Waals surface area (Å²) in [6.07, 6.45) is 1.95. The van der Waals surface area contributed by atoms with Crippen molar-refractivity contribution in [3.8, 4) is 5.75 Å². The summed E-state index contributed by atoms with van der Waals surface area (Å²) in [5.41, 5.74) is 4.90. The highest BCUT2D eigenvalue weighted by atomic mass is 32.1. The van der Waals surface area contributed by atoms with E-state index in [4.69, 9.17) is 17.0 Å². The van der Waals surface area contributed by atoms with Gasteiger partial charge in [-0.25, -0.2) is 0 Å². The van der Waals surface area contributed by atoms with E-state index in [1.165, 1.54) is 21.6 Å². The smallest absolute Gasteiger partial charge is 0.171 e. The van der Waals surface area contributed by atoms with Crippen LogP contribution >= 0.6 is 12.2 Å². The minimum Gasteiger partial charge on any atom is -0.496 e. The number of rotatable bonds is 8. The van der Waals surface area contributed by atoms with Gasteiger partial charge in [0.2, 0.25) is 0 Å². The Bertz CT molecular complexity index is 739. The molecule has 0 heterocycles. The van der Waals surface area contributed by atoms with Crippen LogP contribution in [0.1, 0.15) is 36.6 Å². The minimum absolute atomic E-state index is 0.230. The molecular formula is C22H32N3OS+. The van der Waals surface area contributed by atoms with Gasteiger partial charge in [-0.3, -0.25) is 0 Å². The average Bonchev–Trinajstić information content (AvgIpc) is 2.68. The van der Waals surface area contributed by atoms with Gasteiger partial charge in [-0.1, -0.05) is 44.2 Å². The van der Waals surface area contributed by atoms with Gasteiger partial charge < -0.3 is 20.3 Å². The van der Waals surface area contributed by atoms with E-state index in [0.29, 0.717) is 5.11 Å². The lowest BCUT2D eigenvalue weighted by atomic mass is 10.0. The number of benzene rings is 2. The first-order valence-corrected chi connectivity index (χ1v) is 10.0. The van der Waals surface area contributed by atoms with Crippen molar-refractivity contribution >= 4 is 23.0 Å². The largest absolute Gasteiger partial charge is 0.496 e. The normalized spacial score (nSPS) is 11.9. The zero-order valence-electron chi connectivity index (χ0n) is 17.1. The zero-order valence-corrected chi connectivity index (χ0v) is 17.9. The maximum Gasteiger partial charge on any atom is 0.171 e. The van der Waals surface area contributed by atoms with Crippen molar-refractivity contribution < 1.29 is 9.64 Å². The van der Waals surface area contributed by atoms with Crippen LogP contribution in [0, 0.1) is 0 Å². The Morgan fingerprint density at radius 3 is 2.22 bits per heavy atom. The standard InChI is InChI=1S/C22H31N3OS/c1-6-16-11-10-12-17(7-2)21(16)24-22(27)23-15-19(25(3)4)18-13-8-9-14-20(18)26-5/h8-14,19H,6-7,15H2,1-5H3,(H2,23,24,27)/p+1/t19-/m1/s1. The lowest BCUT2D eigenvalue weighted by molar-refractivity contribution is -0.890. The second-order valence-corrected chi connectivity index (χ2v) is 7.27. The highest BCUT2D eigenvalue weighted by molar-refractivity contribution is 7.80. The molecular weight excluding hydrogens is 354 g/mol. The first-order chi connectivity index (χ1) is 13.0. The number of likely N-dealkylation sites (N-methyl/N-ethyl adjacent to an activating group) is 1. The van der Waals surface area contributed by atoms with E-state index >= 15 is 0 Å². The first-order valence-electron chi connectivity index (χ1n) is 9.60. The van der Waals surface area contributed by atoms with Crippen LogP contribution in [0.5, 0.6) is 5.75 Å². The van der Waals surface area contributed by atoms with Crippen molar-refractivity contribution in [2.75, 3.05) is 33.1 Å². The lowest BCUT2D eigenvalue weighted by Crippen LogP contribution is -3.07. The number of nitrogens with one attached hydrogen (secondary N) is 3. The fourth-order valence-corrected chi connectivity index (χ4v) is 3.52. The molecule has 2 rings (SSSR count). The number of quaternary nitrogens is 1. The van der Waals surface area contributed by atoms with Gasteiger partial charge in [-0.2, -0.15) is 0 Å². The van der Waals surface area contributed by atoms with Crippen LogP contribution in [0.4, 0.5) is 5.69 Å². The van der Waals surface area contributed by atoms with E-state index in [-0.39, 0.29) is 6.04 Å². The van der Waals surface area contributed by atoms with Gasteiger partial charge in [0, 0.05) is 5.69 Å². The summed E-state index contributed by atoms with van der Waals surface area (Å²) in [6, 6.07) is 14.8. The van der Waals surface area contributed by atoms with Gasteiger partial charge >= 0.3 is 0 Å². The molecule has 0 bridgehead atoms. The van der Waals surface area contributed by atoms with E-state index in [2.05, 4.69) is 68.9 Å². The Labute approximate surface area is 168 Å². The third kappa shape index (κ3) is 5.44. The van der Waals surface area contributed by atoms with Crippen LogP contribution in [0.15, 0.2) is 42.5 Å². The van der Waals surface area contributed by atoms with E-state index < -0.39 is 0 Å². The Morgan fingerprint density at radius 2 is 1.67 bits per heavy atom. The molecule has 0 saturated heterocycles. The van der Waals surface area contributed by atoms with Crippen molar-refractivity contribution in [3.63, 3.8) is 0 Å². The molecule has 0 unspecified atom stereocenters. The molecule has 0 fully saturated rings. The van der Waals surface area contributed by atoms with Gasteiger partial charge in [0.15, 0.2) is 5.11 Å². The van der Waals surface area contributed by atoms with Gasteiger partial charge in [0.25, 0.3) is 0 Å². The Balaban J connectivity index is 2.12. The fraction of sp³-hybridized carbons (Fsp3) is 0.409. The number of hydrogen-bond acceptors (Lipinski definition) is 2. The monoisotopic (exact) mass is 386 g/mol. The maximum atomic E-state index is 5.60. The molecule has 0 aliphatic rings. The number of methoxy groups -OCH3 is 1. The molecule has 2 aromatic rings. The van der Waals surface area contributed by atoms with Crippen molar-refractivity contribution in [2.24, 2.45) is 0 Å². The fourth-order valence-electron chi connectivity index (χ4n) is 3.34. The molecule has 0 radical (unpaired) electrons. The van der Waals surface area contributed by atoms with Crippen LogP contribution in [-0.4, -0.2) is 32.9 Å². The molecule has 0 saturated carbocycles. The topological polar surface area (TPSA) is 37.7 Å². The molecule has 3 N–H and O–H groups in total. The lowest BCUT2D eigenvalue weighted by Gasteiger charge is -2.25. The van der Waals surface area contributed by atoms with E-state index in [1.54, 1.807) is 7.11 Å². The molecule has 5 heteroatoms. The molecule has 0 aliphatic carbocycles. The summed E-state index contributed by atoms with van der Waals surface area (Å²) >= 11 is 5.60. The molecule has 1 atom stereocenters. The Hall–Kier alpha value is -2.11. The van der Waals surface area contributed by atoms with Crippen molar-refractivity contribution in [1.82, 2.24) is 5.32 Å². The molecule has 146 valence electrons. The number of aryl methyl sites for hydroxylation is 2. The van der Waals surface area contributed by atoms with Crippen molar-refractivity contribution in [3.05, 3.63) is 59.2 Å². The number of para-hydroxylation sites is 2. The summed E-state index contributed by atoms with van der Waals surface area (Å²) in [4.78, 5) is 1.32. The predicted molar refractivity (Wildman–Crippen MR) is 118 cm³/mol. The van der Waals surface area contributed by atoms with Crippen molar-refractivity contribution in [2.45, 2.75) is 32.7 Å². The number of anilines is 1. The summed E-state index contributed by atoms with van der Waals surface area (Å²) < 4.78 is 5.55. The SMILES string of the molecule is CCc1cccc(CC)c1NC(=S)NC[C@H](c1ccccc1OC)[NH+](C)C. The van der Waals surface area contributed by atoms with Crippen LogP contribution in [0.2, 0.25) is 0 Å². The molecule has 0 aliphatic heterocycles. The van der Waals surface area contributed by atoms with Crippen LogP contribution in [0.3, 0.4) is 0 Å². The van der Waals surface area contributed by atoms with Crippen LogP contribution in [-0.2, 0) is 12.8 Å². The summed E-state index contributed by atoms with van der Waals surface area (Å²) in [6.45, 7) is 5.07. The molecule has 0 amide bonds. The van der Waals surface area contributed by atoms with E-state index in [1.807, 2.05) is 12.1 Å². The highest BCUT2D eigenvalue weighted by Gasteiger charge is 2.22. The third-order valence-electron chi connectivity index (χ3n) is 4.92. The minimum atomic E-state index is 0.230. The van der Waals surface area contributed by atoms with Crippen LogP contribution < -0.4 is 20.3 Å². The highest BCUT2D eigenvalue weighted by Crippen LogP contribution is 2.24. The Morgan fingerprint density at radius 1 is 1.04 bits per heavy atom. The molecule has 0 aromatic heterocycles. The molecule has 0 spiro atoms. The Kier molecular flexibility index (Phi) is 8.07. The average molecular weight is 387 g/mol. The molecule has 4 nitrogen and oxygen atoms in total. The third-order valence-corrected chi connectivity index (χ3v) is 5.16. The van der Waals surface area contributed by atoms with Gasteiger partial charge in [0.1, 0.15) is 11.8 Å². The number of ether oxygens (including phenoxy) is 1. The van der Waals surface area contributed by atoms with E-state index in [0.717, 1.165) is 30.8 Å². The predicted octanol–water partition coefficient (Wildman–Crippen LogP) is 2.99. The zero-order chi connectivity index (χ0) is 19.8. The van der Waals surface area contributed by atoms with Gasteiger partial charge in [-0.05, 0) is 48.3 Å². The quantitative estimate of drug-likeness (QED) is 0.610. The first kappa shape index (κ1) is 21.2. The summed E-state index contributed by atoms with van der Waals surface area (Å²) in [7, 11) is 6.02. The summed E-state index contributed by atoms with van der Waals surface area (Å²) in [5, 5.41) is 7.50. The second-order valence-electron chi connectivity index (χ2n) is 6.87. The summed E-state index contributed by atoms with van der Waals surface area (Å²) in [5.74, 6) is 0.911. The second kappa shape index (κ2) is 10.3. The molecule has 27 heavy (non-hydrogen) atoms. The molecule has 2 aromatic carbocycles. The van der Waals surface area contributed by atoms with Gasteiger partial charge in [0.05, 0.1) is 33.3 Å². The van der Waals surface area contributed by atoms with Crippen molar-refractivity contribution in [1.29, 1.82) is 0 Å². The van der Waals surface area contributed by atoms with E-state index in [9.17, 15) is 0 Å².